The first-order chi connectivity index (χ1) is 8.72. The molecule has 0 atom stereocenters. The maximum Gasteiger partial charge on any atom is 0.306 e. The van der Waals surface area contributed by atoms with Crippen molar-refractivity contribution in [1.29, 1.82) is 0 Å². The fraction of sp³-hybridized carbons (Fsp3) is 0.933. The lowest BCUT2D eigenvalue weighted by molar-refractivity contribution is -0.193. The first kappa shape index (κ1) is 14.8. The Kier molecular flexibility index (Phi) is 3.94. The summed E-state index contributed by atoms with van der Waals surface area (Å²) in [6, 6.07) is 0. The van der Waals surface area contributed by atoms with E-state index in [2.05, 4.69) is 6.92 Å². The van der Waals surface area contributed by atoms with Gasteiger partial charge in [-0.25, -0.2) is 0 Å². The van der Waals surface area contributed by atoms with Gasteiger partial charge in [-0.1, -0.05) is 6.92 Å². The molecule has 1 spiro atoms. The number of hydrogen-bond donors (Lipinski definition) is 0. The third-order valence-electron chi connectivity index (χ3n) is 4.02. The Hall–Kier alpha value is -0.610. The minimum atomic E-state index is -0.402. The van der Waals surface area contributed by atoms with E-state index in [-0.39, 0.29) is 17.2 Å². The van der Waals surface area contributed by atoms with Crippen LogP contribution in [-0.4, -0.2) is 30.6 Å². The molecule has 2 rings (SSSR count). The van der Waals surface area contributed by atoms with E-state index in [1.54, 1.807) is 0 Å². The van der Waals surface area contributed by atoms with Gasteiger partial charge in [-0.05, 0) is 39.0 Å². The van der Waals surface area contributed by atoms with Crippen molar-refractivity contribution < 1.29 is 19.0 Å². The van der Waals surface area contributed by atoms with Crippen LogP contribution in [0.15, 0.2) is 0 Å². The van der Waals surface area contributed by atoms with Crippen LogP contribution in [0.2, 0.25) is 0 Å². The van der Waals surface area contributed by atoms with Crippen LogP contribution in [0.5, 0.6) is 0 Å². The predicted octanol–water partition coefficient (Wildman–Crippen LogP) is 3.04. The Morgan fingerprint density at radius 2 is 1.63 bits per heavy atom. The lowest BCUT2D eigenvalue weighted by Crippen LogP contribution is -2.40. The molecule has 1 heterocycles. The Labute approximate surface area is 115 Å². The van der Waals surface area contributed by atoms with Crippen molar-refractivity contribution in [2.24, 2.45) is 5.41 Å². The van der Waals surface area contributed by atoms with Crippen molar-refractivity contribution >= 4 is 5.97 Å². The van der Waals surface area contributed by atoms with Crippen LogP contribution in [0.25, 0.3) is 0 Å². The van der Waals surface area contributed by atoms with E-state index in [0.29, 0.717) is 19.6 Å². The SMILES string of the molecule is CC1(CC(=O)OC(C)(C)C)CCC2(CC1)OCCO2. The van der Waals surface area contributed by atoms with Crippen molar-refractivity contribution in [3.8, 4) is 0 Å². The first-order valence-corrected chi connectivity index (χ1v) is 7.22. The second kappa shape index (κ2) is 5.06. The normalized spacial score (nSPS) is 25.5. The molecule has 2 fully saturated rings. The molecule has 0 bridgehead atoms. The lowest BCUT2D eigenvalue weighted by atomic mass is 9.71. The van der Waals surface area contributed by atoms with Crippen LogP contribution in [-0.2, 0) is 19.0 Å². The molecule has 0 amide bonds. The van der Waals surface area contributed by atoms with Gasteiger partial charge in [-0.2, -0.15) is 0 Å². The lowest BCUT2D eigenvalue weighted by Gasteiger charge is -2.41. The van der Waals surface area contributed by atoms with Gasteiger partial charge >= 0.3 is 5.97 Å². The van der Waals surface area contributed by atoms with Crippen LogP contribution < -0.4 is 0 Å². The Morgan fingerprint density at radius 3 is 2.11 bits per heavy atom. The van der Waals surface area contributed by atoms with Gasteiger partial charge in [0.2, 0.25) is 0 Å². The van der Waals surface area contributed by atoms with E-state index in [1.165, 1.54) is 0 Å². The van der Waals surface area contributed by atoms with Crippen molar-refractivity contribution in [3.63, 3.8) is 0 Å². The Bertz CT molecular complexity index is 327. The second-order valence-corrected chi connectivity index (χ2v) is 7.18. The number of hydrogen-bond acceptors (Lipinski definition) is 4. The van der Waals surface area contributed by atoms with E-state index in [4.69, 9.17) is 14.2 Å². The highest BCUT2D eigenvalue weighted by Crippen LogP contribution is 2.46. The van der Waals surface area contributed by atoms with Gasteiger partial charge in [0.15, 0.2) is 5.79 Å². The molecule has 19 heavy (non-hydrogen) atoms. The monoisotopic (exact) mass is 270 g/mol. The van der Waals surface area contributed by atoms with Crippen molar-refractivity contribution in [3.05, 3.63) is 0 Å². The molecule has 4 heteroatoms. The molecule has 2 aliphatic rings. The molecule has 0 aromatic rings. The highest BCUT2D eigenvalue weighted by Gasteiger charge is 2.45. The Balaban J connectivity index is 1.86. The number of esters is 1. The molecule has 1 saturated carbocycles. The summed E-state index contributed by atoms with van der Waals surface area (Å²) in [4.78, 5) is 12.0. The summed E-state index contributed by atoms with van der Waals surface area (Å²) in [7, 11) is 0. The standard InChI is InChI=1S/C15H26O4/c1-13(2,3)19-12(16)11-14(4)5-7-15(8-6-14)17-9-10-18-15/h5-11H2,1-4H3. The molecule has 1 saturated heterocycles. The molecule has 1 aliphatic heterocycles. The molecule has 4 nitrogen and oxygen atoms in total. The van der Waals surface area contributed by atoms with Crippen LogP contribution in [0.1, 0.15) is 59.8 Å². The average molecular weight is 270 g/mol. The smallest absolute Gasteiger partial charge is 0.306 e. The summed E-state index contributed by atoms with van der Waals surface area (Å²) in [6.07, 6.45) is 4.15. The van der Waals surface area contributed by atoms with Gasteiger partial charge in [0.25, 0.3) is 0 Å². The zero-order valence-corrected chi connectivity index (χ0v) is 12.6. The minimum absolute atomic E-state index is 0.0168. The largest absolute Gasteiger partial charge is 0.460 e. The summed E-state index contributed by atoms with van der Waals surface area (Å²) in [6.45, 7) is 9.28. The van der Waals surface area contributed by atoms with Gasteiger partial charge in [0.1, 0.15) is 5.60 Å². The van der Waals surface area contributed by atoms with Crippen molar-refractivity contribution in [1.82, 2.24) is 0 Å². The molecule has 0 aromatic heterocycles. The average Bonchev–Trinajstić information content (AvgIpc) is 2.69. The molecule has 1 aliphatic carbocycles. The van der Waals surface area contributed by atoms with Crippen LogP contribution in [0, 0.1) is 5.41 Å². The maximum absolute atomic E-state index is 12.0. The number of ether oxygens (including phenoxy) is 3. The maximum atomic E-state index is 12.0. The van der Waals surface area contributed by atoms with Crippen LogP contribution >= 0.6 is 0 Å². The van der Waals surface area contributed by atoms with Gasteiger partial charge < -0.3 is 14.2 Å². The van der Waals surface area contributed by atoms with Gasteiger partial charge in [0.05, 0.1) is 19.6 Å². The van der Waals surface area contributed by atoms with Gasteiger partial charge in [-0.15, -0.1) is 0 Å². The highest BCUT2D eigenvalue weighted by molar-refractivity contribution is 5.70. The van der Waals surface area contributed by atoms with Crippen molar-refractivity contribution in [2.45, 2.75) is 71.2 Å². The molecule has 110 valence electrons. The van der Waals surface area contributed by atoms with Crippen LogP contribution in [0.3, 0.4) is 0 Å². The first-order valence-electron chi connectivity index (χ1n) is 7.22. The summed E-state index contributed by atoms with van der Waals surface area (Å²) < 4.78 is 16.9. The zero-order chi connectivity index (χ0) is 14.1. The molecular weight excluding hydrogens is 244 g/mol. The van der Waals surface area contributed by atoms with E-state index >= 15 is 0 Å². The molecule has 0 N–H and O–H groups in total. The van der Waals surface area contributed by atoms with E-state index in [0.717, 1.165) is 25.7 Å². The molecule has 0 aromatic carbocycles. The summed E-state index contributed by atoms with van der Waals surface area (Å²) >= 11 is 0. The third-order valence-corrected chi connectivity index (χ3v) is 4.02. The fourth-order valence-corrected chi connectivity index (χ4v) is 2.92. The third kappa shape index (κ3) is 3.93. The number of rotatable bonds is 2. The fourth-order valence-electron chi connectivity index (χ4n) is 2.92. The number of carbonyl (C=O) groups excluding carboxylic acids is 1. The van der Waals surface area contributed by atoms with E-state index < -0.39 is 5.60 Å². The van der Waals surface area contributed by atoms with Gasteiger partial charge in [-0.3, -0.25) is 4.79 Å². The quantitative estimate of drug-likeness (QED) is 0.723. The molecule has 0 radical (unpaired) electrons. The highest BCUT2D eigenvalue weighted by atomic mass is 16.7. The minimum Gasteiger partial charge on any atom is -0.460 e. The number of carbonyl (C=O) groups is 1. The summed E-state index contributed by atoms with van der Waals surface area (Å²) in [5.41, 5.74) is -0.385. The van der Waals surface area contributed by atoms with E-state index in [9.17, 15) is 4.79 Å². The predicted molar refractivity (Wildman–Crippen MR) is 71.7 cm³/mol. The molecule has 0 unspecified atom stereocenters. The zero-order valence-electron chi connectivity index (χ0n) is 12.6. The topological polar surface area (TPSA) is 44.8 Å². The summed E-state index contributed by atoms with van der Waals surface area (Å²) in [5.74, 6) is -0.452. The second-order valence-electron chi connectivity index (χ2n) is 7.18. The summed E-state index contributed by atoms with van der Waals surface area (Å²) in [5, 5.41) is 0. The molecular formula is C15H26O4. The Morgan fingerprint density at radius 1 is 1.11 bits per heavy atom. The van der Waals surface area contributed by atoms with E-state index in [1.807, 2.05) is 20.8 Å². The van der Waals surface area contributed by atoms with Crippen LogP contribution in [0.4, 0.5) is 0 Å². The van der Waals surface area contributed by atoms with Gasteiger partial charge in [0, 0.05) is 12.8 Å². The van der Waals surface area contributed by atoms with Crippen molar-refractivity contribution in [2.75, 3.05) is 13.2 Å².